The van der Waals surface area contributed by atoms with E-state index in [0.717, 1.165) is 21.5 Å². The first-order valence-electron chi connectivity index (χ1n) is 9.95. The van der Waals surface area contributed by atoms with Gasteiger partial charge in [0.1, 0.15) is 0 Å². The van der Waals surface area contributed by atoms with Crippen LogP contribution in [0, 0.1) is 6.07 Å². The molecule has 0 spiro atoms. The van der Waals surface area contributed by atoms with Crippen molar-refractivity contribution in [1.29, 1.82) is 0 Å². The van der Waals surface area contributed by atoms with Crippen LogP contribution in [0.2, 0.25) is 0 Å². The van der Waals surface area contributed by atoms with Gasteiger partial charge in [0.05, 0.1) is 16.5 Å². The molecule has 1 aromatic heterocycles. The molecule has 4 aromatic carbocycles. The first kappa shape index (κ1) is 18.8. The zero-order chi connectivity index (χ0) is 21.2. The first-order chi connectivity index (χ1) is 15.2. The summed E-state index contributed by atoms with van der Waals surface area (Å²) in [6, 6.07) is 25.9. The van der Waals surface area contributed by atoms with Gasteiger partial charge in [-0.25, -0.2) is 4.79 Å². The van der Waals surface area contributed by atoms with Gasteiger partial charge in [-0.1, -0.05) is 54.6 Å². The monoisotopic (exact) mass is 408 g/mol. The maximum Gasteiger partial charge on any atom is 0.348 e. The topological polar surface area (TPSA) is 84.2 Å². The number of carbonyl (C=O) groups is 1. The summed E-state index contributed by atoms with van der Waals surface area (Å²) in [5.41, 5.74) is 0.710. The summed E-state index contributed by atoms with van der Waals surface area (Å²) in [7, 11) is 0. The normalized spacial score (nSPS) is 11.1. The Balaban J connectivity index is 1.34. The molecule has 0 unspecified atom stereocenters. The fourth-order valence-electron chi connectivity index (χ4n) is 3.70. The number of rotatable bonds is 5. The van der Waals surface area contributed by atoms with Gasteiger partial charge in [0.15, 0.2) is 0 Å². The van der Waals surface area contributed by atoms with Crippen LogP contribution in [0.4, 0.5) is 6.01 Å². The van der Waals surface area contributed by atoms with Gasteiger partial charge in [-0.2, -0.15) is 4.98 Å². The minimum absolute atomic E-state index is 0.127. The molecular weight excluding hydrogens is 390 g/mol. The zero-order valence-electron chi connectivity index (χ0n) is 16.5. The quantitative estimate of drug-likeness (QED) is 0.337. The van der Waals surface area contributed by atoms with E-state index in [1.807, 2.05) is 48.5 Å². The van der Waals surface area contributed by atoms with E-state index in [4.69, 9.17) is 4.42 Å². The number of nitrogens with zero attached hydrogens (tertiary/aromatic N) is 1. The van der Waals surface area contributed by atoms with Crippen LogP contribution in [-0.4, -0.2) is 24.0 Å². The van der Waals surface area contributed by atoms with Crippen LogP contribution in [0.3, 0.4) is 0 Å². The molecule has 1 heterocycles. The fraction of sp³-hybridized carbons (Fsp3) is 0.0800. The highest BCUT2D eigenvalue weighted by Gasteiger charge is 2.14. The van der Waals surface area contributed by atoms with Crippen molar-refractivity contribution in [2.75, 3.05) is 18.4 Å². The van der Waals surface area contributed by atoms with Gasteiger partial charge in [-0.15, -0.1) is 0 Å². The number of nitrogens with one attached hydrogen (secondary N) is 2. The molecule has 0 atom stereocenters. The Bertz CT molecular complexity index is 1440. The van der Waals surface area contributed by atoms with Crippen molar-refractivity contribution in [3.63, 3.8) is 0 Å². The third kappa shape index (κ3) is 3.59. The molecule has 0 aliphatic rings. The van der Waals surface area contributed by atoms with Gasteiger partial charge in [-0.05, 0) is 40.4 Å². The Kier molecular flexibility index (Phi) is 4.80. The van der Waals surface area contributed by atoms with E-state index < -0.39 is 5.63 Å². The molecule has 0 saturated carbocycles. The predicted molar refractivity (Wildman–Crippen MR) is 121 cm³/mol. The summed E-state index contributed by atoms with van der Waals surface area (Å²) in [6.45, 7) is 0.682. The van der Waals surface area contributed by atoms with Gasteiger partial charge in [0.25, 0.3) is 11.9 Å². The molecule has 5 rings (SSSR count). The van der Waals surface area contributed by atoms with Crippen LogP contribution >= 0.6 is 0 Å². The second-order valence-electron chi connectivity index (χ2n) is 7.11. The molecule has 6 nitrogen and oxygen atoms in total. The van der Waals surface area contributed by atoms with E-state index >= 15 is 0 Å². The molecule has 31 heavy (non-hydrogen) atoms. The standard InChI is InChI=1S/C25H18N3O3/c29-23(22-18-9-3-1-7-16(18)15-17-8-2-4-10-19(17)22)26-13-14-27-25-28-21-12-6-5-11-20(21)24(30)31-25/h1-9,11-12,15H,13-14H2,(H,26,29)(H,27,28). The van der Waals surface area contributed by atoms with Crippen molar-refractivity contribution in [3.05, 3.63) is 94.8 Å². The number of para-hydroxylation sites is 1. The van der Waals surface area contributed by atoms with E-state index in [-0.39, 0.29) is 11.9 Å². The second kappa shape index (κ2) is 7.91. The molecule has 6 heteroatoms. The number of hydrogen-bond donors (Lipinski definition) is 2. The smallest absolute Gasteiger partial charge is 0.348 e. The number of anilines is 1. The molecular formula is C25H18N3O3. The molecule has 0 fully saturated rings. The molecule has 2 N–H and O–H groups in total. The van der Waals surface area contributed by atoms with Gasteiger partial charge in [0.2, 0.25) is 0 Å². The number of hydrogen-bond acceptors (Lipinski definition) is 5. The highest BCUT2D eigenvalue weighted by atomic mass is 16.4. The van der Waals surface area contributed by atoms with Crippen molar-refractivity contribution in [3.8, 4) is 0 Å². The molecule has 0 saturated heterocycles. The molecule has 5 aromatic rings. The van der Waals surface area contributed by atoms with Gasteiger partial charge in [-0.3, -0.25) is 4.79 Å². The van der Waals surface area contributed by atoms with E-state index in [1.54, 1.807) is 18.2 Å². The summed E-state index contributed by atoms with van der Waals surface area (Å²) in [4.78, 5) is 29.4. The van der Waals surface area contributed by atoms with Crippen molar-refractivity contribution >= 4 is 44.4 Å². The number of benzene rings is 4. The molecule has 1 radical (unpaired) electrons. The lowest BCUT2D eigenvalue weighted by atomic mass is 9.96. The minimum atomic E-state index is -0.449. The summed E-state index contributed by atoms with van der Waals surface area (Å²) in [5, 5.41) is 9.96. The Morgan fingerprint density at radius 2 is 1.71 bits per heavy atom. The Morgan fingerprint density at radius 1 is 0.935 bits per heavy atom. The number of amides is 1. The van der Waals surface area contributed by atoms with Gasteiger partial charge in [0, 0.05) is 18.5 Å². The highest BCUT2D eigenvalue weighted by molar-refractivity contribution is 6.18. The Hall–Kier alpha value is -4.19. The lowest BCUT2D eigenvalue weighted by Crippen LogP contribution is -2.29. The molecule has 1 amide bonds. The fourth-order valence-corrected chi connectivity index (χ4v) is 3.70. The maximum absolute atomic E-state index is 13.1. The largest absolute Gasteiger partial charge is 0.389 e. The third-order valence-corrected chi connectivity index (χ3v) is 5.13. The number of fused-ring (bicyclic) bond motifs is 3. The number of aromatic nitrogens is 1. The third-order valence-electron chi connectivity index (χ3n) is 5.13. The predicted octanol–water partition coefficient (Wildman–Crippen LogP) is 4.14. The van der Waals surface area contributed by atoms with Crippen LogP contribution in [0.1, 0.15) is 10.4 Å². The average molecular weight is 408 g/mol. The van der Waals surface area contributed by atoms with Crippen molar-refractivity contribution in [2.24, 2.45) is 0 Å². The lowest BCUT2D eigenvalue weighted by Gasteiger charge is -2.12. The zero-order valence-corrected chi connectivity index (χ0v) is 16.5. The second-order valence-corrected chi connectivity index (χ2v) is 7.11. The van der Waals surface area contributed by atoms with E-state index in [0.29, 0.717) is 29.6 Å². The van der Waals surface area contributed by atoms with Crippen LogP contribution in [0.5, 0.6) is 0 Å². The lowest BCUT2D eigenvalue weighted by molar-refractivity contribution is 0.0958. The summed E-state index contributed by atoms with van der Waals surface area (Å²) in [5.74, 6) is -0.182. The SMILES string of the molecule is O=C(NCCNc1nc2ccccc2c(=O)o1)c1c2[c]cccc2cc2ccccc12. The summed E-state index contributed by atoms with van der Waals surface area (Å²) < 4.78 is 5.20. The van der Waals surface area contributed by atoms with Crippen LogP contribution in [0.15, 0.2) is 82.0 Å². The minimum Gasteiger partial charge on any atom is -0.389 e. The molecule has 0 aliphatic carbocycles. The van der Waals surface area contributed by atoms with Crippen molar-refractivity contribution in [1.82, 2.24) is 10.3 Å². The average Bonchev–Trinajstić information content (AvgIpc) is 2.80. The molecule has 151 valence electrons. The van der Waals surface area contributed by atoms with Crippen molar-refractivity contribution in [2.45, 2.75) is 0 Å². The maximum atomic E-state index is 13.1. The first-order valence-corrected chi connectivity index (χ1v) is 9.95. The summed E-state index contributed by atoms with van der Waals surface area (Å²) >= 11 is 0. The number of carbonyl (C=O) groups excluding carboxylic acids is 1. The van der Waals surface area contributed by atoms with Crippen LogP contribution in [-0.2, 0) is 0 Å². The molecule has 0 bridgehead atoms. The molecule has 0 aliphatic heterocycles. The van der Waals surface area contributed by atoms with Gasteiger partial charge < -0.3 is 15.1 Å². The van der Waals surface area contributed by atoms with Gasteiger partial charge >= 0.3 is 5.63 Å². The van der Waals surface area contributed by atoms with E-state index in [1.165, 1.54) is 0 Å². The summed E-state index contributed by atoms with van der Waals surface area (Å²) in [6.07, 6.45) is 0. The van der Waals surface area contributed by atoms with Crippen molar-refractivity contribution < 1.29 is 9.21 Å². The van der Waals surface area contributed by atoms with E-state index in [2.05, 4.69) is 27.8 Å². The highest BCUT2D eigenvalue weighted by Crippen LogP contribution is 2.28. The van der Waals surface area contributed by atoms with Crippen LogP contribution < -0.4 is 16.3 Å². The Morgan fingerprint density at radius 3 is 2.61 bits per heavy atom. The Labute approximate surface area is 177 Å². The van der Waals surface area contributed by atoms with E-state index in [9.17, 15) is 9.59 Å². The van der Waals surface area contributed by atoms with Crippen LogP contribution in [0.25, 0.3) is 32.4 Å².